The maximum Gasteiger partial charge on any atom is 0.221 e. The molecule has 1 aliphatic rings. The van der Waals surface area contributed by atoms with Crippen LogP contribution in [0, 0.1) is 6.92 Å². The van der Waals surface area contributed by atoms with Crippen molar-refractivity contribution in [2.45, 2.75) is 45.6 Å². The molecule has 0 amide bonds. The summed E-state index contributed by atoms with van der Waals surface area (Å²) in [7, 11) is 0. The lowest BCUT2D eigenvalue weighted by atomic mass is 9.80. The molecule has 1 aliphatic heterocycles. The van der Waals surface area contributed by atoms with Crippen LogP contribution in [0.4, 0.5) is 5.69 Å². The highest BCUT2D eigenvalue weighted by Gasteiger charge is 2.31. The SMILES string of the molecule is CSC(=O)c1cc(C)cc2c1NC(C)(C)CC2C. The number of carbonyl (C=O) groups excluding carboxylic acids is 1. The van der Waals surface area contributed by atoms with E-state index in [4.69, 9.17) is 0 Å². The van der Waals surface area contributed by atoms with Crippen LogP contribution in [0.1, 0.15) is 54.6 Å². The van der Waals surface area contributed by atoms with Gasteiger partial charge in [0, 0.05) is 11.2 Å². The fraction of sp³-hybridized carbons (Fsp3) is 0.533. The van der Waals surface area contributed by atoms with Gasteiger partial charge in [-0.05, 0) is 56.6 Å². The number of carbonyl (C=O) groups is 1. The van der Waals surface area contributed by atoms with Crippen molar-refractivity contribution < 1.29 is 4.79 Å². The fourth-order valence-electron chi connectivity index (χ4n) is 2.88. The Morgan fingerprint density at radius 1 is 1.44 bits per heavy atom. The normalized spacial score (nSPS) is 21.1. The first-order valence-corrected chi connectivity index (χ1v) is 7.57. The standard InChI is InChI=1S/C15H21NOS/c1-9-6-11-10(2)8-15(3,4)16-13(11)12(7-9)14(17)18-5/h6-7,10,16H,8H2,1-5H3. The van der Waals surface area contributed by atoms with Gasteiger partial charge in [-0.25, -0.2) is 0 Å². The first-order valence-electron chi connectivity index (χ1n) is 6.35. The Labute approximate surface area is 114 Å². The van der Waals surface area contributed by atoms with E-state index in [1.165, 1.54) is 22.9 Å². The number of hydrogen-bond acceptors (Lipinski definition) is 3. The highest BCUT2D eigenvalue weighted by atomic mass is 32.2. The lowest BCUT2D eigenvalue weighted by molar-refractivity contribution is 0.108. The number of hydrogen-bond donors (Lipinski definition) is 1. The summed E-state index contributed by atoms with van der Waals surface area (Å²) in [5.74, 6) is 0.490. The van der Waals surface area contributed by atoms with Crippen molar-refractivity contribution in [2.24, 2.45) is 0 Å². The van der Waals surface area contributed by atoms with Crippen LogP contribution < -0.4 is 5.32 Å². The summed E-state index contributed by atoms with van der Waals surface area (Å²) >= 11 is 1.28. The van der Waals surface area contributed by atoms with E-state index in [0.29, 0.717) is 5.92 Å². The van der Waals surface area contributed by atoms with Gasteiger partial charge in [-0.15, -0.1) is 0 Å². The van der Waals surface area contributed by atoms with Gasteiger partial charge in [-0.1, -0.05) is 24.8 Å². The minimum absolute atomic E-state index is 0.0507. The molecule has 0 saturated carbocycles. The molecule has 0 saturated heterocycles. The Morgan fingerprint density at radius 2 is 2.11 bits per heavy atom. The van der Waals surface area contributed by atoms with Crippen molar-refractivity contribution in [2.75, 3.05) is 11.6 Å². The number of fused-ring (bicyclic) bond motifs is 1. The zero-order valence-electron chi connectivity index (χ0n) is 11.8. The lowest BCUT2D eigenvalue weighted by Gasteiger charge is -2.38. The van der Waals surface area contributed by atoms with E-state index in [1.54, 1.807) is 0 Å². The highest BCUT2D eigenvalue weighted by Crippen LogP contribution is 2.41. The Hall–Kier alpha value is -0.960. The first-order chi connectivity index (χ1) is 8.34. The molecule has 1 unspecified atom stereocenters. The Kier molecular flexibility index (Phi) is 3.45. The summed E-state index contributed by atoms with van der Waals surface area (Å²) in [5, 5.41) is 3.69. The van der Waals surface area contributed by atoms with Gasteiger partial charge in [-0.3, -0.25) is 4.79 Å². The quantitative estimate of drug-likeness (QED) is 0.823. The number of rotatable bonds is 1. The minimum Gasteiger partial charge on any atom is -0.379 e. The molecule has 1 N–H and O–H groups in total. The Bertz CT molecular complexity index is 494. The number of aryl methyl sites for hydroxylation is 1. The van der Waals surface area contributed by atoms with Crippen LogP contribution >= 0.6 is 11.8 Å². The maximum absolute atomic E-state index is 12.1. The van der Waals surface area contributed by atoms with Crippen LogP contribution in [-0.2, 0) is 0 Å². The van der Waals surface area contributed by atoms with Crippen molar-refractivity contribution in [3.63, 3.8) is 0 Å². The van der Waals surface area contributed by atoms with Crippen LogP contribution in [0.15, 0.2) is 12.1 Å². The van der Waals surface area contributed by atoms with E-state index in [2.05, 4.69) is 39.1 Å². The zero-order valence-corrected chi connectivity index (χ0v) is 12.6. The smallest absolute Gasteiger partial charge is 0.221 e. The Morgan fingerprint density at radius 3 is 2.72 bits per heavy atom. The zero-order chi connectivity index (χ0) is 13.5. The molecule has 1 aromatic rings. The van der Waals surface area contributed by atoms with E-state index in [1.807, 2.05) is 12.3 Å². The second kappa shape index (κ2) is 4.61. The van der Waals surface area contributed by atoms with Gasteiger partial charge in [0.25, 0.3) is 0 Å². The predicted molar refractivity (Wildman–Crippen MR) is 79.8 cm³/mol. The van der Waals surface area contributed by atoms with Gasteiger partial charge in [0.05, 0.1) is 5.56 Å². The molecule has 0 bridgehead atoms. The summed E-state index contributed by atoms with van der Waals surface area (Å²) in [4.78, 5) is 12.1. The molecule has 2 nitrogen and oxygen atoms in total. The van der Waals surface area contributed by atoms with E-state index >= 15 is 0 Å². The lowest BCUT2D eigenvalue weighted by Crippen LogP contribution is -2.37. The van der Waals surface area contributed by atoms with Crippen LogP contribution in [0.2, 0.25) is 0 Å². The first kappa shape index (κ1) is 13.5. The van der Waals surface area contributed by atoms with E-state index in [0.717, 1.165) is 17.7 Å². The summed E-state index contributed by atoms with van der Waals surface area (Å²) in [5.41, 5.74) is 4.38. The number of nitrogens with one attached hydrogen (secondary N) is 1. The molecule has 0 radical (unpaired) electrons. The van der Waals surface area contributed by atoms with Crippen molar-refractivity contribution in [1.29, 1.82) is 0 Å². The highest BCUT2D eigenvalue weighted by molar-refractivity contribution is 8.13. The number of benzene rings is 1. The minimum atomic E-state index is 0.0507. The molecule has 0 aliphatic carbocycles. The average molecular weight is 263 g/mol. The molecule has 2 rings (SSSR count). The van der Waals surface area contributed by atoms with Gasteiger partial charge in [0.15, 0.2) is 0 Å². The van der Waals surface area contributed by atoms with Gasteiger partial charge in [-0.2, -0.15) is 0 Å². The summed E-state index contributed by atoms with van der Waals surface area (Å²) in [6.45, 7) is 8.69. The molecule has 0 spiro atoms. The van der Waals surface area contributed by atoms with E-state index in [9.17, 15) is 4.79 Å². The fourth-order valence-corrected chi connectivity index (χ4v) is 3.26. The maximum atomic E-state index is 12.1. The third-order valence-corrected chi connectivity index (χ3v) is 4.12. The molecular weight excluding hydrogens is 242 g/mol. The largest absolute Gasteiger partial charge is 0.379 e. The third kappa shape index (κ3) is 2.41. The number of anilines is 1. The predicted octanol–water partition coefficient (Wildman–Crippen LogP) is 4.20. The molecule has 0 fully saturated rings. The number of thioether (sulfide) groups is 1. The van der Waals surface area contributed by atoms with Gasteiger partial charge in [0.2, 0.25) is 5.12 Å². The molecule has 18 heavy (non-hydrogen) atoms. The molecule has 3 heteroatoms. The third-order valence-electron chi connectivity index (χ3n) is 3.53. The van der Waals surface area contributed by atoms with E-state index < -0.39 is 0 Å². The summed E-state index contributed by atoms with van der Waals surface area (Å²) < 4.78 is 0. The molecule has 98 valence electrons. The monoisotopic (exact) mass is 263 g/mol. The van der Waals surface area contributed by atoms with Crippen LogP contribution in [-0.4, -0.2) is 16.9 Å². The average Bonchev–Trinajstić information content (AvgIpc) is 2.27. The molecule has 1 atom stereocenters. The van der Waals surface area contributed by atoms with Crippen LogP contribution in [0.5, 0.6) is 0 Å². The van der Waals surface area contributed by atoms with Gasteiger partial charge in [0.1, 0.15) is 0 Å². The second-order valence-electron chi connectivity index (χ2n) is 5.88. The molecule has 0 aromatic heterocycles. The van der Waals surface area contributed by atoms with E-state index in [-0.39, 0.29) is 10.7 Å². The van der Waals surface area contributed by atoms with Crippen molar-refractivity contribution >= 4 is 22.6 Å². The van der Waals surface area contributed by atoms with Crippen molar-refractivity contribution in [3.05, 3.63) is 28.8 Å². The topological polar surface area (TPSA) is 29.1 Å². The molecular formula is C15H21NOS. The van der Waals surface area contributed by atoms with Crippen LogP contribution in [0.25, 0.3) is 0 Å². The van der Waals surface area contributed by atoms with Gasteiger partial charge < -0.3 is 5.32 Å². The van der Waals surface area contributed by atoms with Crippen molar-refractivity contribution in [1.82, 2.24) is 0 Å². The molecule has 1 aromatic carbocycles. The second-order valence-corrected chi connectivity index (χ2v) is 6.66. The molecule has 1 heterocycles. The Balaban J connectivity index is 2.60. The van der Waals surface area contributed by atoms with Crippen molar-refractivity contribution in [3.8, 4) is 0 Å². The van der Waals surface area contributed by atoms with Gasteiger partial charge >= 0.3 is 0 Å². The summed E-state index contributed by atoms with van der Waals surface area (Å²) in [6.07, 6.45) is 2.94. The summed E-state index contributed by atoms with van der Waals surface area (Å²) in [6, 6.07) is 4.21. The van der Waals surface area contributed by atoms with Crippen LogP contribution in [0.3, 0.4) is 0 Å².